The largest absolute Gasteiger partial charge is 0.388 e. The number of aliphatic hydroxyl groups is 3. The van der Waals surface area contributed by atoms with Crippen LogP contribution in [-0.4, -0.2) is 61.8 Å². The van der Waals surface area contributed by atoms with Crippen LogP contribution in [-0.2, 0) is 15.7 Å². The number of hydrogen-bond acceptors (Lipinski definition) is 5. The van der Waals surface area contributed by atoms with E-state index in [0.717, 1.165) is 5.56 Å². The molecule has 1 fully saturated rings. The van der Waals surface area contributed by atoms with E-state index < -0.39 is 44.3 Å². The van der Waals surface area contributed by atoms with Gasteiger partial charge in [0.25, 0.3) is 0 Å². The van der Waals surface area contributed by atoms with Crippen LogP contribution in [0.15, 0.2) is 30.3 Å². The van der Waals surface area contributed by atoms with Crippen LogP contribution in [0, 0.1) is 0 Å². The molecule has 0 saturated carbocycles. The highest BCUT2D eigenvalue weighted by molar-refractivity contribution is 7.51. The number of aliphatic hydroxyl groups excluding tert-OH is 3. The lowest BCUT2D eigenvalue weighted by Crippen LogP contribution is -2.57. The van der Waals surface area contributed by atoms with E-state index in [9.17, 15) is 19.9 Å². The Morgan fingerprint density at radius 1 is 0.913 bits per heavy atom. The summed E-state index contributed by atoms with van der Waals surface area (Å²) >= 11 is 0. The molecule has 1 aliphatic heterocycles. The number of aryl methyl sites for hydroxylation is 1. The maximum atomic E-state index is 11.0. The Kier molecular flexibility index (Phi) is 6.33. The molecule has 0 radical (unpaired) electrons. The minimum absolute atomic E-state index is 0.0862. The molecule has 0 aliphatic carbocycles. The zero-order valence-corrected chi connectivity index (χ0v) is 13.5. The molecule has 1 heterocycles. The summed E-state index contributed by atoms with van der Waals surface area (Å²) < 4.78 is 16.6. The van der Waals surface area contributed by atoms with Gasteiger partial charge in [-0.2, -0.15) is 0 Å². The van der Waals surface area contributed by atoms with Crippen LogP contribution < -0.4 is 0 Å². The van der Waals surface area contributed by atoms with Gasteiger partial charge in [0, 0.05) is 0 Å². The quantitative estimate of drug-likeness (QED) is 0.460. The number of rotatable bonds is 6. The van der Waals surface area contributed by atoms with E-state index in [0.29, 0.717) is 12.8 Å². The third-order valence-corrected chi connectivity index (χ3v) is 4.92. The Hall–Kier alpha value is -0.790. The normalized spacial score (nSPS) is 32.0. The SMILES string of the molecule is O=P(O)(O)CC[C@H]1OC(CCc2ccccc2)[C@@H](O)[C@@H](O)[C@@H]1O. The second kappa shape index (κ2) is 7.85. The summed E-state index contributed by atoms with van der Waals surface area (Å²) in [5.74, 6) is 0. The van der Waals surface area contributed by atoms with Crippen LogP contribution in [0.2, 0.25) is 0 Å². The monoisotopic (exact) mass is 346 g/mol. The highest BCUT2D eigenvalue weighted by Crippen LogP contribution is 2.37. The third-order valence-electron chi connectivity index (χ3n) is 4.08. The predicted octanol–water partition coefficient (Wildman–Crippen LogP) is 0.0371. The molecule has 1 aromatic rings. The van der Waals surface area contributed by atoms with Gasteiger partial charge >= 0.3 is 7.60 Å². The van der Waals surface area contributed by atoms with Crippen LogP contribution in [0.4, 0.5) is 0 Å². The summed E-state index contributed by atoms with van der Waals surface area (Å²) in [6, 6.07) is 9.56. The first-order valence-electron chi connectivity index (χ1n) is 7.56. The van der Waals surface area contributed by atoms with Crippen molar-refractivity contribution in [3.8, 4) is 0 Å². The van der Waals surface area contributed by atoms with Gasteiger partial charge in [0.2, 0.25) is 0 Å². The van der Waals surface area contributed by atoms with Crippen molar-refractivity contribution in [1.82, 2.24) is 0 Å². The van der Waals surface area contributed by atoms with Gasteiger partial charge in [-0.1, -0.05) is 30.3 Å². The smallest absolute Gasteiger partial charge is 0.325 e. The molecule has 1 saturated heterocycles. The van der Waals surface area contributed by atoms with E-state index in [4.69, 9.17) is 14.5 Å². The minimum Gasteiger partial charge on any atom is -0.388 e. The fourth-order valence-corrected chi connectivity index (χ4v) is 3.34. The van der Waals surface area contributed by atoms with Gasteiger partial charge in [0.15, 0.2) is 0 Å². The molecule has 5 atom stereocenters. The fourth-order valence-electron chi connectivity index (χ4n) is 2.75. The van der Waals surface area contributed by atoms with Crippen LogP contribution >= 0.6 is 7.60 Å². The van der Waals surface area contributed by atoms with Crippen LogP contribution in [0.5, 0.6) is 0 Å². The van der Waals surface area contributed by atoms with Crippen molar-refractivity contribution in [2.24, 2.45) is 0 Å². The summed E-state index contributed by atoms with van der Waals surface area (Å²) in [6.07, 6.45) is -5.09. The minimum atomic E-state index is -4.21. The Morgan fingerprint density at radius 3 is 2.04 bits per heavy atom. The van der Waals surface area contributed by atoms with Gasteiger partial charge in [-0.3, -0.25) is 4.57 Å². The fraction of sp³-hybridized carbons (Fsp3) is 0.600. The molecule has 0 bridgehead atoms. The summed E-state index contributed by atoms with van der Waals surface area (Å²) in [6.45, 7) is 0. The highest BCUT2D eigenvalue weighted by Gasteiger charge is 2.43. The lowest BCUT2D eigenvalue weighted by molar-refractivity contribution is -0.223. The number of hydrogen-bond donors (Lipinski definition) is 5. The Labute approximate surface area is 134 Å². The molecular weight excluding hydrogens is 323 g/mol. The van der Waals surface area contributed by atoms with Gasteiger partial charge in [0.1, 0.15) is 18.3 Å². The maximum absolute atomic E-state index is 11.0. The van der Waals surface area contributed by atoms with Gasteiger partial charge in [-0.25, -0.2) is 0 Å². The molecule has 7 nitrogen and oxygen atoms in total. The van der Waals surface area contributed by atoms with E-state index in [1.807, 2.05) is 30.3 Å². The summed E-state index contributed by atoms with van der Waals surface area (Å²) in [4.78, 5) is 17.9. The van der Waals surface area contributed by atoms with Gasteiger partial charge < -0.3 is 29.8 Å². The van der Waals surface area contributed by atoms with Crippen molar-refractivity contribution >= 4 is 7.60 Å². The molecule has 2 rings (SSSR count). The zero-order valence-electron chi connectivity index (χ0n) is 12.6. The van der Waals surface area contributed by atoms with Crippen LogP contribution in [0.1, 0.15) is 18.4 Å². The van der Waals surface area contributed by atoms with E-state index in [-0.39, 0.29) is 6.42 Å². The molecule has 8 heteroatoms. The molecule has 23 heavy (non-hydrogen) atoms. The molecule has 1 aliphatic rings. The molecule has 5 N–H and O–H groups in total. The first-order valence-corrected chi connectivity index (χ1v) is 9.36. The molecule has 0 amide bonds. The van der Waals surface area contributed by atoms with Crippen molar-refractivity contribution in [1.29, 1.82) is 0 Å². The van der Waals surface area contributed by atoms with Gasteiger partial charge in [0.05, 0.1) is 18.4 Å². The first kappa shape index (κ1) is 18.5. The van der Waals surface area contributed by atoms with E-state index in [1.54, 1.807) is 0 Å². The summed E-state index contributed by atoms with van der Waals surface area (Å²) in [7, 11) is -4.21. The molecule has 130 valence electrons. The Bertz CT molecular complexity index is 532. The molecule has 0 spiro atoms. The summed E-state index contributed by atoms with van der Waals surface area (Å²) in [5.41, 5.74) is 1.05. The Morgan fingerprint density at radius 2 is 1.48 bits per heavy atom. The molecule has 1 aromatic carbocycles. The van der Waals surface area contributed by atoms with Crippen molar-refractivity contribution in [3.63, 3.8) is 0 Å². The topological polar surface area (TPSA) is 127 Å². The predicted molar refractivity (Wildman–Crippen MR) is 83.0 cm³/mol. The average molecular weight is 346 g/mol. The molecule has 1 unspecified atom stereocenters. The summed E-state index contributed by atoms with van der Waals surface area (Å²) in [5, 5.41) is 29.9. The second-order valence-electron chi connectivity index (χ2n) is 5.89. The molecular formula is C15H23O7P. The van der Waals surface area contributed by atoms with Gasteiger partial charge in [-0.05, 0) is 24.8 Å². The number of ether oxygens (including phenoxy) is 1. The van der Waals surface area contributed by atoms with Crippen LogP contribution in [0.25, 0.3) is 0 Å². The lowest BCUT2D eigenvalue weighted by Gasteiger charge is -2.41. The van der Waals surface area contributed by atoms with Crippen LogP contribution in [0.3, 0.4) is 0 Å². The standard InChI is InChI=1S/C15H23O7P/c16-13-11(7-6-10-4-2-1-3-5-10)22-12(14(17)15(13)18)8-9-23(19,20)21/h1-5,11-18H,6-9H2,(H2,19,20,21)/t11?,12-,13-,14-,15-/m1/s1. The van der Waals surface area contributed by atoms with Crippen molar-refractivity contribution < 1.29 is 34.4 Å². The van der Waals surface area contributed by atoms with E-state index in [1.165, 1.54) is 0 Å². The Balaban J connectivity index is 1.96. The number of benzene rings is 1. The van der Waals surface area contributed by atoms with Crippen molar-refractivity contribution in [3.05, 3.63) is 35.9 Å². The maximum Gasteiger partial charge on any atom is 0.325 e. The molecule has 0 aromatic heterocycles. The lowest BCUT2D eigenvalue weighted by atomic mass is 9.91. The first-order chi connectivity index (χ1) is 10.8. The van der Waals surface area contributed by atoms with Crippen molar-refractivity contribution in [2.45, 2.75) is 49.8 Å². The second-order valence-corrected chi connectivity index (χ2v) is 7.66. The van der Waals surface area contributed by atoms with Gasteiger partial charge in [-0.15, -0.1) is 0 Å². The average Bonchev–Trinajstić information content (AvgIpc) is 2.51. The highest BCUT2D eigenvalue weighted by atomic mass is 31.2. The van der Waals surface area contributed by atoms with E-state index >= 15 is 0 Å². The zero-order chi connectivity index (χ0) is 17.0. The van der Waals surface area contributed by atoms with Crippen molar-refractivity contribution in [2.75, 3.05) is 6.16 Å². The third kappa shape index (κ3) is 5.36. The van der Waals surface area contributed by atoms with E-state index in [2.05, 4.69) is 0 Å².